The lowest BCUT2D eigenvalue weighted by atomic mass is 9.85. The Labute approximate surface area is 163 Å². The minimum atomic E-state index is 0.598. The Morgan fingerprint density at radius 3 is 2.70 bits per heavy atom. The van der Waals surface area contributed by atoms with Crippen molar-refractivity contribution in [1.29, 1.82) is 0 Å². The number of fused-ring (bicyclic) bond motifs is 2. The Hall–Kier alpha value is -2.48. The van der Waals surface area contributed by atoms with Gasteiger partial charge in [-0.15, -0.1) is 0 Å². The van der Waals surface area contributed by atoms with E-state index in [0.717, 1.165) is 25.9 Å². The molecule has 4 rings (SSSR count). The summed E-state index contributed by atoms with van der Waals surface area (Å²) in [6.07, 6.45) is 11.1. The Kier molecular flexibility index (Phi) is 4.82. The highest BCUT2D eigenvalue weighted by Crippen LogP contribution is 2.42. The van der Waals surface area contributed by atoms with Gasteiger partial charge in [-0.05, 0) is 48.5 Å². The molecule has 1 aromatic rings. The van der Waals surface area contributed by atoms with Gasteiger partial charge in [-0.1, -0.05) is 62.1 Å². The van der Waals surface area contributed by atoms with Crippen molar-refractivity contribution in [2.75, 3.05) is 13.1 Å². The molecule has 2 saturated heterocycles. The molecule has 140 valence electrons. The molecule has 0 amide bonds. The zero-order valence-electron chi connectivity index (χ0n) is 16.7. The fourth-order valence-electron chi connectivity index (χ4n) is 4.70. The van der Waals surface area contributed by atoms with E-state index in [1.54, 1.807) is 0 Å². The maximum Gasteiger partial charge on any atom is 0.0680 e. The number of piperazine rings is 1. The third-order valence-electron chi connectivity index (χ3n) is 6.04. The summed E-state index contributed by atoms with van der Waals surface area (Å²) in [5.74, 6) is 0. The summed E-state index contributed by atoms with van der Waals surface area (Å²) in [7, 11) is 0. The van der Waals surface area contributed by atoms with Crippen molar-refractivity contribution in [2.45, 2.75) is 45.6 Å². The van der Waals surface area contributed by atoms with E-state index in [-0.39, 0.29) is 0 Å². The summed E-state index contributed by atoms with van der Waals surface area (Å²) in [4.78, 5) is 4.99. The summed E-state index contributed by atoms with van der Waals surface area (Å²) in [6, 6.07) is 9.53. The fourth-order valence-corrected chi connectivity index (χ4v) is 4.70. The van der Waals surface area contributed by atoms with Gasteiger partial charge in [0.25, 0.3) is 0 Å². The molecule has 2 heteroatoms. The van der Waals surface area contributed by atoms with E-state index in [1.165, 1.54) is 52.1 Å². The molecule has 2 fully saturated rings. The minimum absolute atomic E-state index is 0.598. The molecule has 3 aliphatic heterocycles. The average molecular weight is 359 g/mol. The molecule has 3 heterocycles. The van der Waals surface area contributed by atoms with Gasteiger partial charge in [0.2, 0.25) is 0 Å². The second kappa shape index (κ2) is 7.26. The lowest BCUT2D eigenvalue weighted by Crippen LogP contribution is -2.46. The van der Waals surface area contributed by atoms with Gasteiger partial charge >= 0.3 is 0 Å². The van der Waals surface area contributed by atoms with Crippen LogP contribution in [0.25, 0.3) is 0 Å². The van der Waals surface area contributed by atoms with Crippen molar-refractivity contribution in [3.05, 3.63) is 95.0 Å². The molecule has 1 aromatic carbocycles. The summed E-state index contributed by atoms with van der Waals surface area (Å²) < 4.78 is 0. The first-order valence-electron chi connectivity index (χ1n) is 10.2. The number of rotatable bonds is 4. The summed E-state index contributed by atoms with van der Waals surface area (Å²) in [5, 5.41) is 0. The van der Waals surface area contributed by atoms with Gasteiger partial charge < -0.3 is 9.80 Å². The first-order chi connectivity index (χ1) is 13.1. The molecule has 0 aliphatic carbocycles. The second-order valence-corrected chi connectivity index (χ2v) is 7.89. The van der Waals surface area contributed by atoms with Gasteiger partial charge in [0.1, 0.15) is 0 Å². The Balaban J connectivity index is 1.82. The Bertz CT molecular complexity index is 851. The molecule has 1 atom stereocenters. The molecule has 0 saturated carbocycles. The molecule has 27 heavy (non-hydrogen) atoms. The largest absolute Gasteiger partial charge is 0.366 e. The van der Waals surface area contributed by atoms with E-state index in [2.05, 4.69) is 73.3 Å². The van der Waals surface area contributed by atoms with Crippen molar-refractivity contribution in [3.8, 4) is 0 Å². The van der Waals surface area contributed by atoms with Crippen LogP contribution in [0.4, 0.5) is 0 Å². The second-order valence-electron chi connectivity index (χ2n) is 7.89. The molecular weight excluding hydrogens is 328 g/mol. The summed E-state index contributed by atoms with van der Waals surface area (Å²) in [5.41, 5.74) is 9.14. The lowest BCUT2D eigenvalue weighted by Gasteiger charge is -2.45. The summed E-state index contributed by atoms with van der Waals surface area (Å²) >= 11 is 0. The van der Waals surface area contributed by atoms with Gasteiger partial charge in [-0.3, -0.25) is 0 Å². The smallest absolute Gasteiger partial charge is 0.0680 e. The normalized spacial score (nSPS) is 23.5. The standard InChI is InChI=1S/C25H30N2/c1-5-8-23-21(6-2)16-26-17-22-9-7-14-27(22)19(4)25(26)24(23)15-20-12-10-18(3)11-13-20/h6,8,10-13,16,22H,2,4-5,7,9,14-15,17H2,1,3H3/b23-8-. The molecule has 1 unspecified atom stereocenters. The minimum Gasteiger partial charge on any atom is -0.366 e. The first kappa shape index (κ1) is 17.9. The highest BCUT2D eigenvalue weighted by molar-refractivity contribution is 5.60. The zero-order valence-corrected chi connectivity index (χ0v) is 16.7. The van der Waals surface area contributed by atoms with Crippen LogP contribution in [0.5, 0.6) is 0 Å². The average Bonchev–Trinajstić information content (AvgIpc) is 3.14. The molecule has 2 nitrogen and oxygen atoms in total. The van der Waals surface area contributed by atoms with E-state index in [1.807, 2.05) is 6.08 Å². The van der Waals surface area contributed by atoms with Crippen LogP contribution in [0, 0.1) is 6.92 Å². The van der Waals surface area contributed by atoms with Crippen LogP contribution >= 0.6 is 0 Å². The molecule has 0 N–H and O–H groups in total. The topological polar surface area (TPSA) is 6.48 Å². The van der Waals surface area contributed by atoms with Crippen molar-refractivity contribution in [1.82, 2.24) is 9.80 Å². The van der Waals surface area contributed by atoms with Crippen molar-refractivity contribution < 1.29 is 0 Å². The molecular formula is C25H30N2. The van der Waals surface area contributed by atoms with Crippen LogP contribution in [0.2, 0.25) is 0 Å². The van der Waals surface area contributed by atoms with Crippen molar-refractivity contribution in [3.63, 3.8) is 0 Å². The van der Waals surface area contributed by atoms with Crippen molar-refractivity contribution in [2.24, 2.45) is 0 Å². The van der Waals surface area contributed by atoms with Gasteiger partial charge in [0, 0.05) is 31.8 Å². The molecule has 0 bridgehead atoms. The van der Waals surface area contributed by atoms with Crippen molar-refractivity contribution >= 4 is 0 Å². The Morgan fingerprint density at radius 2 is 2.00 bits per heavy atom. The van der Waals surface area contributed by atoms with E-state index in [9.17, 15) is 0 Å². The highest BCUT2D eigenvalue weighted by atomic mass is 15.3. The van der Waals surface area contributed by atoms with Crippen LogP contribution in [-0.4, -0.2) is 28.9 Å². The predicted molar refractivity (Wildman–Crippen MR) is 114 cm³/mol. The lowest BCUT2D eigenvalue weighted by molar-refractivity contribution is 0.219. The summed E-state index contributed by atoms with van der Waals surface area (Å²) in [6.45, 7) is 15.2. The predicted octanol–water partition coefficient (Wildman–Crippen LogP) is 5.51. The number of aryl methyl sites for hydroxylation is 1. The molecule has 3 aliphatic rings. The number of hydrogen-bond acceptors (Lipinski definition) is 2. The van der Waals surface area contributed by atoms with E-state index >= 15 is 0 Å². The molecule has 0 aromatic heterocycles. The molecule has 0 radical (unpaired) electrons. The maximum absolute atomic E-state index is 4.54. The third-order valence-corrected chi connectivity index (χ3v) is 6.04. The van der Waals surface area contributed by atoms with E-state index < -0.39 is 0 Å². The Morgan fingerprint density at radius 1 is 1.22 bits per heavy atom. The van der Waals surface area contributed by atoms with Crippen LogP contribution in [-0.2, 0) is 6.42 Å². The van der Waals surface area contributed by atoms with E-state index in [4.69, 9.17) is 0 Å². The van der Waals surface area contributed by atoms with Crippen LogP contribution in [0.1, 0.15) is 37.3 Å². The number of nitrogens with zero attached hydrogens (tertiary/aromatic N) is 2. The molecule has 0 spiro atoms. The van der Waals surface area contributed by atoms with Crippen LogP contribution in [0.3, 0.4) is 0 Å². The van der Waals surface area contributed by atoms with Gasteiger partial charge in [0.15, 0.2) is 0 Å². The number of hydrogen-bond donors (Lipinski definition) is 0. The SMILES string of the molecule is C=CC1=CN2CC3CCCN3C(=C)C2=C(Cc2ccc(C)cc2)/C1=C\CC. The maximum atomic E-state index is 4.54. The zero-order chi connectivity index (χ0) is 19.0. The van der Waals surface area contributed by atoms with Crippen LogP contribution in [0.15, 0.2) is 83.9 Å². The number of benzene rings is 1. The first-order valence-corrected chi connectivity index (χ1v) is 10.2. The van der Waals surface area contributed by atoms with Gasteiger partial charge in [0.05, 0.1) is 11.4 Å². The monoisotopic (exact) mass is 358 g/mol. The fraction of sp³-hybridized carbons (Fsp3) is 0.360. The number of allylic oxidation sites excluding steroid dienone is 5. The third kappa shape index (κ3) is 3.18. The highest BCUT2D eigenvalue weighted by Gasteiger charge is 2.38. The van der Waals surface area contributed by atoms with Crippen LogP contribution < -0.4 is 0 Å². The van der Waals surface area contributed by atoms with Gasteiger partial charge in [-0.25, -0.2) is 0 Å². The quantitative estimate of drug-likeness (QED) is 0.701. The van der Waals surface area contributed by atoms with E-state index in [0.29, 0.717) is 6.04 Å². The van der Waals surface area contributed by atoms with Gasteiger partial charge in [-0.2, -0.15) is 0 Å².